The molecule has 0 aromatic heterocycles. The van der Waals surface area contributed by atoms with Crippen molar-refractivity contribution in [3.63, 3.8) is 0 Å². The van der Waals surface area contributed by atoms with Gasteiger partial charge in [0.2, 0.25) is 0 Å². The molecule has 0 spiro atoms. The summed E-state index contributed by atoms with van der Waals surface area (Å²) in [7, 11) is 5.32. The summed E-state index contributed by atoms with van der Waals surface area (Å²) < 4.78 is 5.44. The molecular formula is C25H35N5O2. The third-order valence-electron chi connectivity index (χ3n) is 5.47. The molecule has 1 heterocycles. The van der Waals surface area contributed by atoms with Crippen molar-refractivity contribution < 1.29 is 9.53 Å². The van der Waals surface area contributed by atoms with Gasteiger partial charge in [0, 0.05) is 59.4 Å². The molecule has 0 aliphatic carbocycles. The summed E-state index contributed by atoms with van der Waals surface area (Å²) in [5.41, 5.74) is 4.39. The Hall–Kier alpha value is -2.90. The maximum atomic E-state index is 12.2. The number of nitrogens with zero attached hydrogens (tertiary/aromatic N) is 3. The van der Waals surface area contributed by atoms with E-state index in [0.717, 1.165) is 57.3 Å². The van der Waals surface area contributed by atoms with Crippen molar-refractivity contribution in [1.82, 2.24) is 20.4 Å². The molecule has 0 atom stereocenters. The fourth-order valence-electron chi connectivity index (χ4n) is 3.71. The molecular weight excluding hydrogens is 402 g/mol. The van der Waals surface area contributed by atoms with Crippen LogP contribution < -0.4 is 10.6 Å². The third-order valence-corrected chi connectivity index (χ3v) is 5.47. The summed E-state index contributed by atoms with van der Waals surface area (Å²) in [4.78, 5) is 20.5. The Morgan fingerprint density at radius 2 is 1.75 bits per heavy atom. The first kappa shape index (κ1) is 23.8. The van der Waals surface area contributed by atoms with Crippen molar-refractivity contribution in [3.8, 4) is 0 Å². The molecule has 7 heteroatoms. The van der Waals surface area contributed by atoms with Crippen molar-refractivity contribution in [1.29, 1.82) is 0 Å². The van der Waals surface area contributed by atoms with Crippen LogP contribution in [0, 0.1) is 0 Å². The Morgan fingerprint density at radius 1 is 1.03 bits per heavy atom. The van der Waals surface area contributed by atoms with Gasteiger partial charge in [-0.3, -0.25) is 14.7 Å². The highest BCUT2D eigenvalue weighted by Crippen LogP contribution is 2.10. The minimum Gasteiger partial charge on any atom is -0.379 e. The van der Waals surface area contributed by atoms with Crippen molar-refractivity contribution in [3.05, 3.63) is 70.8 Å². The Morgan fingerprint density at radius 3 is 2.50 bits per heavy atom. The number of hydrogen-bond donors (Lipinski definition) is 2. The van der Waals surface area contributed by atoms with E-state index in [2.05, 4.69) is 44.8 Å². The molecule has 172 valence electrons. The lowest BCUT2D eigenvalue weighted by Crippen LogP contribution is -2.38. The molecule has 1 aliphatic rings. The number of aliphatic imine (C=N–C) groups is 1. The number of ether oxygens (including phenoxy) is 1. The quantitative estimate of drug-likeness (QED) is 0.489. The van der Waals surface area contributed by atoms with Gasteiger partial charge < -0.3 is 20.3 Å². The zero-order valence-electron chi connectivity index (χ0n) is 19.4. The molecule has 7 nitrogen and oxygen atoms in total. The minimum atomic E-state index is 0.0214. The number of carbonyl (C=O) groups excluding carboxylic acids is 1. The lowest BCUT2D eigenvalue weighted by atomic mass is 10.1. The Labute approximate surface area is 191 Å². The lowest BCUT2D eigenvalue weighted by Gasteiger charge is -2.26. The maximum absolute atomic E-state index is 12.2. The SMILES string of the molecule is CN=C(NCCc1cccc(C(=O)N(C)C)c1)NCc1cccc(CN2CCOCC2)c1. The van der Waals surface area contributed by atoms with E-state index in [9.17, 15) is 4.79 Å². The Kier molecular flexibility index (Phi) is 9.07. The third kappa shape index (κ3) is 7.35. The fraction of sp³-hybridized carbons (Fsp3) is 0.440. The topological polar surface area (TPSA) is 69.2 Å². The second kappa shape index (κ2) is 12.2. The molecule has 2 aromatic carbocycles. The molecule has 1 amide bonds. The van der Waals surface area contributed by atoms with Crippen LogP contribution in [0.1, 0.15) is 27.0 Å². The summed E-state index contributed by atoms with van der Waals surface area (Å²) >= 11 is 0. The largest absolute Gasteiger partial charge is 0.379 e. The first-order valence-electron chi connectivity index (χ1n) is 11.2. The average Bonchev–Trinajstić information content (AvgIpc) is 2.82. The number of benzene rings is 2. The Bertz CT molecular complexity index is 907. The molecule has 2 N–H and O–H groups in total. The van der Waals surface area contributed by atoms with Crippen LogP contribution in [0.15, 0.2) is 53.5 Å². The van der Waals surface area contributed by atoms with Crippen LogP contribution in [-0.4, -0.2) is 75.7 Å². The van der Waals surface area contributed by atoms with Crippen LogP contribution in [0.5, 0.6) is 0 Å². The van der Waals surface area contributed by atoms with Crippen molar-refractivity contribution >= 4 is 11.9 Å². The predicted molar refractivity (Wildman–Crippen MR) is 129 cm³/mol. The first-order valence-corrected chi connectivity index (χ1v) is 11.2. The summed E-state index contributed by atoms with van der Waals surface area (Å²) in [5.74, 6) is 0.789. The van der Waals surface area contributed by atoms with Crippen LogP contribution >= 0.6 is 0 Å². The number of morpholine rings is 1. The highest BCUT2D eigenvalue weighted by Gasteiger charge is 2.11. The van der Waals surface area contributed by atoms with Crippen LogP contribution in [0.3, 0.4) is 0 Å². The standard InChI is InChI=1S/C25H35N5O2/c1-26-25(27-11-10-20-6-5-9-23(17-20)24(31)29(2)3)28-18-21-7-4-8-22(16-21)19-30-12-14-32-15-13-30/h4-9,16-17H,10-15,18-19H2,1-3H3,(H2,26,27,28). The minimum absolute atomic E-state index is 0.0214. The van der Waals surface area contributed by atoms with Crippen LogP contribution in [0.2, 0.25) is 0 Å². The van der Waals surface area contributed by atoms with Gasteiger partial charge in [-0.15, -0.1) is 0 Å². The van der Waals surface area contributed by atoms with Crippen LogP contribution in [0.4, 0.5) is 0 Å². The summed E-state index contributed by atoms with van der Waals surface area (Å²) in [5, 5.41) is 6.75. The Balaban J connectivity index is 1.46. The normalized spacial score (nSPS) is 14.8. The van der Waals surface area contributed by atoms with Crippen molar-refractivity contribution in [2.75, 3.05) is 54.0 Å². The van der Waals surface area contributed by atoms with Gasteiger partial charge in [-0.25, -0.2) is 0 Å². The van der Waals surface area contributed by atoms with E-state index in [0.29, 0.717) is 12.1 Å². The molecule has 2 aromatic rings. The van der Waals surface area contributed by atoms with Gasteiger partial charge in [0.15, 0.2) is 5.96 Å². The number of guanidine groups is 1. The zero-order valence-corrected chi connectivity index (χ0v) is 19.4. The predicted octanol–water partition coefficient (Wildman–Crippen LogP) is 2.13. The molecule has 0 saturated carbocycles. The molecule has 0 radical (unpaired) electrons. The zero-order chi connectivity index (χ0) is 22.8. The molecule has 1 saturated heterocycles. The second-order valence-electron chi connectivity index (χ2n) is 8.21. The van der Waals surface area contributed by atoms with Crippen molar-refractivity contribution in [2.45, 2.75) is 19.5 Å². The van der Waals surface area contributed by atoms with E-state index >= 15 is 0 Å². The molecule has 1 fully saturated rings. The lowest BCUT2D eigenvalue weighted by molar-refractivity contribution is 0.0342. The van der Waals surface area contributed by atoms with E-state index in [-0.39, 0.29) is 5.91 Å². The monoisotopic (exact) mass is 437 g/mol. The van der Waals surface area contributed by atoms with E-state index in [4.69, 9.17) is 4.74 Å². The number of hydrogen-bond acceptors (Lipinski definition) is 4. The molecule has 0 bridgehead atoms. The van der Waals surface area contributed by atoms with Gasteiger partial charge in [-0.1, -0.05) is 36.4 Å². The number of carbonyl (C=O) groups is 1. The van der Waals surface area contributed by atoms with Gasteiger partial charge >= 0.3 is 0 Å². The number of amides is 1. The van der Waals surface area contributed by atoms with Gasteiger partial charge in [0.1, 0.15) is 0 Å². The maximum Gasteiger partial charge on any atom is 0.253 e. The summed E-state index contributed by atoms with van der Waals surface area (Å²) in [6.07, 6.45) is 0.810. The van der Waals surface area contributed by atoms with E-state index in [1.807, 2.05) is 24.3 Å². The van der Waals surface area contributed by atoms with Crippen LogP contribution in [-0.2, 0) is 24.2 Å². The highest BCUT2D eigenvalue weighted by atomic mass is 16.5. The second-order valence-corrected chi connectivity index (χ2v) is 8.21. The number of nitrogens with one attached hydrogen (secondary N) is 2. The van der Waals surface area contributed by atoms with E-state index in [1.54, 1.807) is 26.0 Å². The van der Waals surface area contributed by atoms with Crippen LogP contribution in [0.25, 0.3) is 0 Å². The first-order chi connectivity index (χ1) is 15.5. The smallest absolute Gasteiger partial charge is 0.253 e. The van der Waals surface area contributed by atoms with E-state index < -0.39 is 0 Å². The molecule has 3 rings (SSSR count). The van der Waals surface area contributed by atoms with E-state index in [1.165, 1.54) is 11.1 Å². The average molecular weight is 438 g/mol. The fourth-order valence-corrected chi connectivity index (χ4v) is 3.71. The number of rotatable bonds is 8. The van der Waals surface area contributed by atoms with Gasteiger partial charge in [-0.2, -0.15) is 0 Å². The van der Waals surface area contributed by atoms with Gasteiger partial charge in [-0.05, 0) is 35.2 Å². The van der Waals surface area contributed by atoms with Gasteiger partial charge in [0.05, 0.1) is 13.2 Å². The molecule has 32 heavy (non-hydrogen) atoms. The molecule has 1 aliphatic heterocycles. The summed E-state index contributed by atoms with van der Waals surface area (Å²) in [6, 6.07) is 16.5. The summed E-state index contributed by atoms with van der Waals surface area (Å²) in [6.45, 7) is 6.02. The highest BCUT2D eigenvalue weighted by molar-refractivity contribution is 5.94. The molecule has 0 unspecified atom stereocenters. The van der Waals surface area contributed by atoms with Crippen molar-refractivity contribution in [2.24, 2.45) is 4.99 Å². The van der Waals surface area contributed by atoms with Gasteiger partial charge in [0.25, 0.3) is 5.91 Å².